The van der Waals surface area contributed by atoms with Gasteiger partial charge in [-0.15, -0.1) is 0 Å². The number of esters is 1. The lowest BCUT2D eigenvalue weighted by molar-refractivity contribution is -0.124. The van der Waals surface area contributed by atoms with Crippen LogP contribution in [0.5, 0.6) is 0 Å². The number of halogens is 3. The molecule has 2 aromatic rings. The van der Waals surface area contributed by atoms with Crippen LogP contribution >= 0.6 is 11.6 Å². The van der Waals surface area contributed by atoms with Gasteiger partial charge in [0.1, 0.15) is 11.6 Å². The van der Waals surface area contributed by atoms with Gasteiger partial charge in [0.2, 0.25) is 0 Å². The first kappa shape index (κ1) is 17.9. The highest BCUT2D eigenvalue weighted by atomic mass is 35.5. The summed E-state index contributed by atoms with van der Waals surface area (Å²) in [5.41, 5.74) is 0.484. The van der Waals surface area contributed by atoms with E-state index in [0.717, 1.165) is 17.7 Å². The van der Waals surface area contributed by atoms with Crippen LogP contribution in [-0.2, 0) is 9.53 Å². The lowest BCUT2D eigenvalue weighted by Crippen LogP contribution is -2.31. The van der Waals surface area contributed by atoms with Crippen molar-refractivity contribution in [2.24, 2.45) is 0 Å². The van der Waals surface area contributed by atoms with Crippen molar-refractivity contribution in [1.82, 2.24) is 5.32 Å². The van der Waals surface area contributed by atoms with Gasteiger partial charge in [0, 0.05) is 11.1 Å². The lowest BCUT2D eigenvalue weighted by atomic mass is 10.1. The van der Waals surface area contributed by atoms with Crippen LogP contribution < -0.4 is 5.32 Å². The Balaban J connectivity index is 1.89. The van der Waals surface area contributed by atoms with Crippen LogP contribution in [0.1, 0.15) is 28.9 Å². The molecule has 1 amide bonds. The van der Waals surface area contributed by atoms with Crippen LogP contribution in [0, 0.1) is 11.6 Å². The first-order valence-corrected chi connectivity index (χ1v) is 7.41. The fourth-order valence-electron chi connectivity index (χ4n) is 2.03. The summed E-state index contributed by atoms with van der Waals surface area (Å²) in [5.74, 6) is -3.34. The molecule has 0 bridgehead atoms. The number of amides is 1. The van der Waals surface area contributed by atoms with Crippen LogP contribution in [0.4, 0.5) is 8.78 Å². The molecule has 0 aliphatic rings. The Morgan fingerprint density at radius 3 is 2.46 bits per heavy atom. The molecule has 0 saturated carbocycles. The predicted octanol–water partition coefficient (Wildman–Crippen LogP) is 3.65. The number of benzene rings is 2. The molecule has 0 radical (unpaired) electrons. The topological polar surface area (TPSA) is 55.4 Å². The zero-order valence-electron chi connectivity index (χ0n) is 12.7. The zero-order valence-corrected chi connectivity index (χ0v) is 13.4. The van der Waals surface area contributed by atoms with E-state index in [2.05, 4.69) is 5.32 Å². The van der Waals surface area contributed by atoms with Gasteiger partial charge in [0.05, 0.1) is 11.6 Å². The standard InChI is InChI=1S/C17H14ClF2NO3/c1-10(11-3-2-4-13(18)5-11)21-16(22)9-24-17(23)12-6-14(19)8-15(20)7-12/h2-8,10H,9H2,1H3,(H,21,22)/t10-/m0/s1. The van der Waals surface area contributed by atoms with Crippen LogP contribution in [-0.4, -0.2) is 18.5 Å². The van der Waals surface area contributed by atoms with E-state index in [1.54, 1.807) is 31.2 Å². The van der Waals surface area contributed by atoms with E-state index in [-0.39, 0.29) is 11.6 Å². The average Bonchev–Trinajstić information content (AvgIpc) is 2.51. The van der Waals surface area contributed by atoms with Crippen LogP contribution in [0.15, 0.2) is 42.5 Å². The van der Waals surface area contributed by atoms with Gasteiger partial charge >= 0.3 is 5.97 Å². The summed E-state index contributed by atoms with van der Waals surface area (Å²) in [6.45, 7) is 1.18. The Labute approximate surface area is 142 Å². The molecule has 0 unspecified atom stereocenters. The van der Waals surface area contributed by atoms with Crippen molar-refractivity contribution in [2.75, 3.05) is 6.61 Å². The summed E-state index contributed by atoms with van der Waals surface area (Å²) in [5, 5.41) is 3.17. The molecule has 4 nitrogen and oxygen atoms in total. The van der Waals surface area contributed by atoms with Crippen molar-refractivity contribution in [3.05, 3.63) is 70.2 Å². The van der Waals surface area contributed by atoms with Crippen molar-refractivity contribution in [3.63, 3.8) is 0 Å². The fourth-order valence-corrected chi connectivity index (χ4v) is 2.23. The van der Waals surface area contributed by atoms with E-state index in [4.69, 9.17) is 16.3 Å². The molecule has 126 valence electrons. The highest BCUT2D eigenvalue weighted by Crippen LogP contribution is 2.17. The van der Waals surface area contributed by atoms with Gasteiger partial charge in [-0.3, -0.25) is 4.79 Å². The van der Waals surface area contributed by atoms with Gasteiger partial charge in [-0.1, -0.05) is 23.7 Å². The van der Waals surface area contributed by atoms with Crippen molar-refractivity contribution in [3.8, 4) is 0 Å². The lowest BCUT2D eigenvalue weighted by Gasteiger charge is -2.14. The molecule has 0 aromatic heterocycles. The second kappa shape index (κ2) is 7.88. The predicted molar refractivity (Wildman–Crippen MR) is 84.7 cm³/mol. The van der Waals surface area contributed by atoms with E-state index in [0.29, 0.717) is 11.1 Å². The Kier molecular flexibility index (Phi) is 5.87. The Morgan fingerprint density at radius 2 is 1.83 bits per heavy atom. The summed E-state index contributed by atoms with van der Waals surface area (Å²) >= 11 is 5.88. The highest BCUT2D eigenvalue weighted by molar-refractivity contribution is 6.30. The van der Waals surface area contributed by atoms with E-state index < -0.39 is 30.1 Å². The van der Waals surface area contributed by atoms with Crippen LogP contribution in [0.25, 0.3) is 0 Å². The van der Waals surface area contributed by atoms with Gasteiger partial charge in [0.25, 0.3) is 5.91 Å². The third-order valence-corrected chi connectivity index (χ3v) is 3.39. The summed E-state index contributed by atoms with van der Waals surface area (Å²) in [6.07, 6.45) is 0. The van der Waals surface area contributed by atoms with Gasteiger partial charge < -0.3 is 10.1 Å². The summed E-state index contributed by atoms with van der Waals surface area (Å²) in [6, 6.07) is 8.90. The molecular formula is C17H14ClF2NO3. The highest BCUT2D eigenvalue weighted by Gasteiger charge is 2.14. The van der Waals surface area contributed by atoms with E-state index in [1.807, 2.05) is 0 Å². The largest absolute Gasteiger partial charge is 0.452 e. The van der Waals surface area contributed by atoms with Crippen LogP contribution in [0.2, 0.25) is 5.02 Å². The minimum Gasteiger partial charge on any atom is -0.452 e. The molecule has 7 heteroatoms. The number of hydrogen-bond donors (Lipinski definition) is 1. The van der Waals surface area contributed by atoms with E-state index in [9.17, 15) is 18.4 Å². The number of carbonyl (C=O) groups is 2. The van der Waals surface area contributed by atoms with Gasteiger partial charge in [-0.05, 0) is 36.8 Å². The molecular weight excluding hydrogens is 340 g/mol. The molecule has 0 heterocycles. The third-order valence-electron chi connectivity index (χ3n) is 3.16. The van der Waals surface area contributed by atoms with Gasteiger partial charge in [0.15, 0.2) is 6.61 Å². The number of ether oxygens (including phenoxy) is 1. The minimum atomic E-state index is -0.987. The van der Waals surface area contributed by atoms with Crippen molar-refractivity contribution >= 4 is 23.5 Å². The fraction of sp³-hybridized carbons (Fsp3) is 0.176. The molecule has 2 aromatic carbocycles. The molecule has 2 rings (SSSR count). The number of hydrogen-bond acceptors (Lipinski definition) is 3. The first-order chi connectivity index (χ1) is 11.3. The summed E-state index contributed by atoms with van der Waals surface area (Å²) in [7, 11) is 0. The summed E-state index contributed by atoms with van der Waals surface area (Å²) in [4.78, 5) is 23.5. The average molecular weight is 354 g/mol. The Hall–Kier alpha value is -2.47. The molecule has 1 atom stereocenters. The molecule has 0 fully saturated rings. The number of carbonyl (C=O) groups excluding carboxylic acids is 2. The molecule has 0 saturated heterocycles. The number of rotatable bonds is 5. The Bertz CT molecular complexity index is 747. The minimum absolute atomic E-state index is 0.303. The van der Waals surface area contributed by atoms with Gasteiger partial charge in [-0.2, -0.15) is 0 Å². The quantitative estimate of drug-likeness (QED) is 0.835. The summed E-state index contributed by atoms with van der Waals surface area (Å²) < 4.78 is 30.8. The smallest absolute Gasteiger partial charge is 0.338 e. The normalized spacial score (nSPS) is 11.7. The maximum atomic E-state index is 13.0. The first-order valence-electron chi connectivity index (χ1n) is 7.03. The van der Waals surface area contributed by atoms with Gasteiger partial charge in [-0.25, -0.2) is 13.6 Å². The molecule has 0 aliphatic carbocycles. The maximum Gasteiger partial charge on any atom is 0.338 e. The molecule has 0 aliphatic heterocycles. The van der Waals surface area contributed by atoms with Crippen molar-refractivity contribution in [2.45, 2.75) is 13.0 Å². The Morgan fingerprint density at radius 1 is 1.17 bits per heavy atom. The van der Waals surface area contributed by atoms with E-state index >= 15 is 0 Å². The monoisotopic (exact) mass is 353 g/mol. The number of nitrogens with one attached hydrogen (secondary N) is 1. The second-order valence-corrected chi connectivity index (χ2v) is 5.51. The molecule has 24 heavy (non-hydrogen) atoms. The molecule has 0 spiro atoms. The molecule has 1 N–H and O–H groups in total. The van der Waals surface area contributed by atoms with Crippen LogP contribution in [0.3, 0.4) is 0 Å². The zero-order chi connectivity index (χ0) is 17.7. The van der Waals surface area contributed by atoms with E-state index in [1.165, 1.54) is 0 Å². The maximum absolute atomic E-state index is 13.0. The SMILES string of the molecule is C[C@H](NC(=O)COC(=O)c1cc(F)cc(F)c1)c1cccc(Cl)c1. The third kappa shape index (κ3) is 5.03. The second-order valence-electron chi connectivity index (χ2n) is 5.08. The van der Waals surface area contributed by atoms with Crippen molar-refractivity contribution in [1.29, 1.82) is 0 Å². The van der Waals surface area contributed by atoms with Crippen molar-refractivity contribution < 1.29 is 23.1 Å².